The van der Waals surface area contributed by atoms with Crippen molar-refractivity contribution in [3.05, 3.63) is 60.2 Å². The molecule has 2 aliphatic heterocycles. The van der Waals surface area contributed by atoms with Crippen molar-refractivity contribution >= 4 is 28.8 Å². The number of amides is 3. The lowest BCUT2D eigenvalue weighted by Gasteiger charge is -2.29. The van der Waals surface area contributed by atoms with Crippen LogP contribution in [0.15, 0.2) is 49.1 Å². The molecule has 3 amide bonds. The fourth-order valence-electron chi connectivity index (χ4n) is 4.99. The molecule has 0 saturated carbocycles. The van der Waals surface area contributed by atoms with Gasteiger partial charge in [0.2, 0.25) is 11.8 Å². The highest BCUT2D eigenvalue weighted by atomic mass is 16.2. The normalized spacial score (nSPS) is 18.0. The Morgan fingerprint density at radius 3 is 2.56 bits per heavy atom. The van der Waals surface area contributed by atoms with E-state index in [-0.39, 0.29) is 18.2 Å². The van der Waals surface area contributed by atoms with Gasteiger partial charge < -0.3 is 14.0 Å². The Kier molecular flexibility index (Phi) is 4.41. The molecule has 6 rings (SSSR count). The van der Waals surface area contributed by atoms with E-state index in [4.69, 9.17) is 0 Å². The molecular weight excluding hydrogens is 432 g/mol. The van der Waals surface area contributed by atoms with Crippen LogP contribution in [0.2, 0.25) is 0 Å². The molecule has 0 aliphatic carbocycles. The lowest BCUT2D eigenvalue weighted by atomic mass is 10.0. The van der Waals surface area contributed by atoms with Gasteiger partial charge in [0.25, 0.3) is 5.91 Å². The zero-order chi connectivity index (χ0) is 23.6. The van der Waals surface area contributed by atoms with Crippen molar-refractivity contribution < 1.29 is 14.4 Å². The van der Waals surface area contributed by atoms with Crippen molar-refractivity contribution in [2.75, 3.05) is 0 Å². The van der Waals surface area contributed by atoms with Gasteiger partial charge in [-0.2, -0.15) is 0 Å². The molecule has 4 aromatic rings. The number of imide groups is 1. The van der Waals surface area contributed by atoms with Crippen LogP contribution < -0.4 is 5.32 Å². The summed E-state index contributed by atoms with van der Waals surface area (Å²) in [5.74, 6) is -0.883. The standard InChI is InChI=1S/C25H22N6O3/c1-29-12-26-18-10-15(4-6-19(18)29)23-22(27-13-30(23)2)14-3-5-17-16(9-14)11-31(25(17)34)20-7-8-21(32)28-24(20)33/h3-6,9-10,12-13,20H,7-8,11H2,1-2H3,(H,28,32,33)/t20-/m0/s1. The first kappa shape index (κ1) is 20.3. The van der Waals surface area contributed by atoms with Gasteiger partial charge in [-0.15, -0.1) is 0 Å². The summed E-state index contributed by atoms with van der Waals surface area (Å²) >= 11 is 0. The van der Waals surface area contributed by atoms with Crippen LogP contribution in [0.25, 0.3) is 33.5 Å². The number of imidazole rings is 2. The van der Waals surface area contributed by atoms with E-state index in [1.54, 1.807) is 23.6 Å². The zero-order valence-electron chi connectivity index (χ0n) is 18.8. The highest BCUT2D eigenvalue weighted by Gasteiger charge is 2.39. The van der Waals surface area contributed by atoms with Crippen molar-refractivity contribution in [2.45, 2.75) is 25.4 Å². The maximum atomic E-state index is 13.0. The van der Waals surface area contributed by atoms with Gasteiger partial charge in [0.1, 0.15) is 6.04 Å². The quantitative estimate of drug-likeness (QED) is 0.479. The highest BCUT2D eigenvalue weighted by molar-refractivity contribution is 6.05. The lowest BCUT2D eigenvalue weighted by Crippen LogP contribution is -2.52. The molecule has 0 bridgehead atoms. The van der Waals surface area contributed by atoms with Crippen LogP contribution >= 0.6 is 0 Å². The second-order valence-corrected chi connectivity index (χ2v) is 8.88. The Hall–Kier alpha value is -4.27. The van der Waals surface area contributed by atoms with Crippen LogP contribution in [0, 0.1) is 0 Å². The zero-order valence-corrected chi connectivity index (χ0v) is 18.8. The number of benzene rings is 2. The number of carbonyl (C=O) groups is 3. The molecule has 1 atom stereocenters. The van der Waals surface area contributed by atoms with Crippen LogP contribution in [0.3, 0.4) is 0 Å². The summed E-state index contributed by atoms with van der Waals surface area (Å²) in [7, 11) is 3.92. The third-order valence-electron chi connectivity index (χ3n) is 6.73. The summed E-state index contributed by atoms with van der Waals surface area (Å²) in [6.07, 6.45) is 4.16. The summed E-state index contributed by atoms with van der Waals surface area (Å²) in [5.41, 5.74) is 7.07. The molecule has 2 aromatic carbocycles. The molecule has 1 N–H and O–H groups in total. The third kappa shape index (κ3) is 3.04. The first-order valence-corrected chi connectivity index (χ1v) is 11.1. The number of nitrogens with zero attached hydrogens (tertiary/aromatic N) is 5. The van der Waals surface area contributed by atoms with Crippen molar-refractivity contribution in [1.82, 2.24) is 29.3 Å². The summed E-state index contributed by atoms with van der Waals surface area (Å²) in [6.45, 7) is 0.330. The molecule has 9 heteroatoms. The number of aryl methyl sites for hydroxylation is 2. The number of hydrogen-bond acceptors (Lipinski definition) is 5. The van der Waals surface area contributed by atoms with Gasteiger partial charge in [-0.05, 0) is 36.2 Å². The number of fused-ring (bicyclic) bond motifs is 2. The molecule has 170 valence electrons. The van der Waals surface area contributed by atoms with Gasteiger partial charge >= 0.3 is 0 Å². The summed E-state index contributed by atoms with van der Waals surface area (Å²) in [6, 6.07) is 11.2. The summed E-state index contributed by atoms with van der Waals surface area (Å²) in [4.78, 5) is 47.6. The second kappa shape index (κ2) is 7.38. The first-order chi connectivity index (χ1) is 16.4. The Labute approximate surface area is 195 Å². The average Bonchev–Trinajstić information content (AvgIpc) is 3.49. The minimum Gasteiger partial charge on any atom is -0.334 e. The van der Waals surface area contributed by atoms with E-state index >= 15 is 0 Å². The van der Waals surface area contributed by atoms with E-state index in [1.807, 2.05) is 41.4 Å². The van der Waals surface area contributed by atoms with E-state index < -0.39 is 11.9 Å². The molecule has 2 aromatic heterocycles. The molecule has 0 unspecified atom stereocenters. The Morgan fingerprint density at radius 1 is 0.941 bits per heavy atom. The highest BCUT2D eigenvalue weighted by Crippen LogP contribution is 2.35. The number of hydrogen-bond donors (Lipinski definition) is 1. The SMILES string of the molecule is Cn1cnc(-c2ccc3c(c2)CN([C@H]2CCC(=O)NC2=O)C3=O)c1-c1ccc2c(c1)ncn2C. The van der Waals surface area contributed by atoms with Gasteiger partial charge in [-0.25, -0.2) is 9.97 Å². The molecule has 34 heavy (non-hydrogen) atoms. The van der Waals surface area contributed by atoms with Crippen molar-refractivity contribution in [2.24, 2.45) is 14.1 Å². The Morgan fingerprint density at radius 2 is 1.74 bits per heavy atom. The minimum absolute atomic E-state index is 0.183. The van der Waals surface area contributed by atoms with Crippen molar-refractivity contribution in [3.8, 4) is 22.5 Å². The van der Waals surface area contributed by atoms with Gasteiger partial charge in [0.05, 0.1) is 35.1 Å². The van der Waals surface area contributed by atoms with Gasteiger partial charge in [-0.3, -0.25) is 19.7 Å². The lowest BCUT2D eigenvalue weighted by molar-refractivity contribution is -0.136. The minimum atomic E-state index is -0.628. The molecule has 4 heterocycles. The topological polar surface area (TPSA) is 102 Å². The van der Waals surface area contributed by atoms with Crippen LogP contribution in [-0.4, -0.2) is 47.8 Å². The smallest absolute Gasteiger partial charge is 0.255 e. The van der Waals surface area contributed by atoms with E-state index in [9.17, 15) is 14.4 Å². The van der Waals surface area contributed by atoms with Crippen LogP contribution in [0.4, 0.5) is 0 Å². The van der Waals surface area contributed by atoms with Gasteiger partial charge in [0, 0.05) is 43.8 Å². The number of aromatic nitrogens is 4. The predicted molar refractivity (Wildman–Crippen MR) is 124 cm³/mol. The van der Waals surface area contributed by atoms with Crippen molar-refractivity contribution in [3.63, 3.8) is 0 Å². The number of rotatable bonds is 3. The number of nitrogens with one attached hydrogen (secondary N) is 1. The van der Waals surface area contributed by atoms with Gasteiger partial charge in [0.15, 0.2) is 0 Å². The molecule has 1 fully saturated rings. The second-order valence-electron chi connectivity index (χ2n) is 8.88. The van der Waals surface area contributed by atoms with Gasteiger partial charge in [-0.1, -0.05) is 12.1 Å². The fraction of sp³-hybridized carbons (Fsp3) is 0.240. The largest absolute Gasteiger partial charge is 0.334 e. The number of piperidine rings is 1. The molecule has 0 spiro atoms. The van der Waals surface area contributed by atoms with Crippen LogP contribution in [-0.2, 0) is 30.2 Å². The molecule has 0 radical (unpaired) electrons. The number of carbonyl (C=O) groups excluding carboxylic acids is 3. The third-order valence-corrected chi connectivity index (χ3v) is 6.73. The van der Waals surface area contributed by atoms with E-state index in [1.165, 1.54) is 0 Å². The Balaban J connectivity index is 1.36. The summed E-state index contributed by atoms with van der Waals surface area (Å²) < 4.78 is 3.96. The fourth-order valence-corrected chi connectivity index (χ4v) is 4.99. The first-order valence-electron chi connectivity index (χ1n) is 11.1. The maximum absolute atomic E-state index is 13.0. The van der Waals surface area contributed by atoms with E-state index in [2.05, 4.69) is 27.4 Å². The summed E-state index contributed by atoms with van der Waals surface area (Å²) in [5, 5.41) is 2.34. The van der Waals surface area contributed by atoms with Crippen LogP contribution in [0.1, 0.15) is 28.8 Å². The molecular formula is C25H22N6O3. The maximum Gasteiger partial charge on any atom is 0.255 e. The Bertz CT molecular complexity index is 1510. The monoisotopic (exact) mass is 454 g/mol. The molecule has 2 aliphatic rings. The predicted octanol–water partition coefficient (Wildman–Crippen LogP) is 2.40. The average molecular weight is 454 g/mol. The molecule has 1 saturated heterocycles. The van der Waals surface area contributed by atoms with Crippen molar-refractivity contribution in [1.29, 1.82) is 0 Å². The molecule has 9 nitrogen and oxygen atoms in total. The van der Waals surface area contributed by atoms with E-state index in [0.717, 1.165) is 39.1 Å². The van der Waals surface area contributed by atoms with Crippen LogP contribution in [0.5, 0.6) is 0 Å². The van der Waals surface area contributed by atoms with E-state index in [0.29, 0.717) is 18.5 Å².